The minimum atomic E-state index is -0.725. The summed E-state index contributed by atoms with van der Waals surface area (Å²) in [5.74, 6) is -1.75. The van der Waals surface area contributed by atoms with Crippen LogP contribution in [0.1, 0.15) is 10.4 Å². The lowest BCUT2D eigenvalue weighted by Crippen LogP contribution is -2.27. The Morgan fingerprint density at radius 1 is 1.03 bits per heavy atom. The predicted molar refractivity (Wildman–Crippen MR) is 124 cm³/mol. The lowest BCUT2D eigenvalue weighted by atomic mass is 10.2. The van der Waals surface area contributed by atoms with Crippen LogP contribution in [-0.2, 0) is 0 Å². The van der Waals surface area contributed by atoms with Crippen LogP contribution >= 0.6 is 11.3 Å². The molecule has 3 heterocycles. The van der Waals surface area contributed by atoms with Crippen molar-refractivity contribution in [2.75, 3.05) is 5.32 Å². The molecule has 0 aliphatic rings. The topological polar surface area (TPSA) is 86.1 Å². The minimum absolute atomic E-state index is 0.0809. The molecule has 0 spiro atoms. The molecule has 10 heteroatoms. The quantitative estimate of drug-likeness (QED) is 0.379. The number of rotatable bonds is 5. The molecule has 5 aromatic rings. The molecule has 5 rings (SSSR count). The Labute approximate surface area is 194 Å². The van der Waals surface area contributed by atoms with Crippen molar-refractivity contribution in [1.29, 1.82) is 0 Å². The third-order valence-electron chi connectivity index (χ3n) is 4.92. The molecule has 0 aliphatic heterocycles. The average molecular weight is 476 g/mol. The van der Waals surface area contributed by atoms with Gasteiger partial charge in [-0.3, -0.25) is 14.2 Å². The van der Waals surface area contributed by atoms with Crippen molar-refractivity contribution < 1.29 is 18.3 Å². The first-order valence-corrected chi connectivity index (χ1v) is 10.8. The Morgan fingerprint density at radius 3 is 2.65 bits per heavy atom. The minimum Gasteiger partial charge on any atom is -0.435 e. The molecule has 7 nitrogen and oxygen atoms in total. The molecule has 0 bridgehead atoms. The summed E-state index contributed by atoms with van der Waals surface area (Å²) in [6.07, 6.45) is 2.80. The van der Waals surface area contributed by atoms with E-state index in [0.29, 0.717) is 15.9 Å². The fourth-order valence-electron chi connectivity index (χ4n) is 3.28. The van der Waals surface area contributed by atoms with Crippen LogP contribution in [0, 0.1) is 11.6 Å². The Bertz CT molecular complexity index is 1580. The fraction of sp³-hybridized carbons (Fsp3) is 0. The normalized spacial score (nSPS) is 10.9. The van der Waals surface area contributed by atoms with Crippen LogP contribution in [0.3, 0.4) is 0 Å². The van der Waals surface area contributed by atoms with E-state index in [-0.39, 0.29) is 22.9 Å². The molecule has 168 valence electrons. The predicted octanol–water partition coefficient (Wildman–Crippen LogP) is 5.17. The summed E-state index contributed by atoms with van der Waals surface area (Å²) in [4.78, 5) is 34.4. The van der Waals surface area contributed by atoms with Gasteiger partial charge >= 0.3 is 0 Å². The highest BCUT2D eigenvalue weighted by atomic mass is 32.1. The molecule has 0 saturated heterocycles. The van der Waals surface area contributed by atoms with Crippen molar-refractivity contribution in [3.63, 3.8) is 0 Å². The number of ether oxygens (including phenoxy) is 1. The summed E-state index contributed by atoms with van der Waals surface area (Å²) < 4.78 is 34.7. The number of aromatic nitrogens is 3. The maximum absolute atomic E-state index is 14.7. The van der Waals surface area contributed by atoms with Crippen LogP contribution in [0.2, 0.25) is 0 Å². The molecule has 3 aromatic heterocycles. The van der Waals surface area contributed by atoms with E-state index in [1.54, 1.807) is 6.07 Å². The maximum atomic E-state index is 14.7. The standard InChI is InChI=1S/C24H14F2N4O3S/c25-14-3-6-16(7-4-14)30-10-1-2-17(24(30)32)21(31)29-15-5-8-20(19(26)12-15)33-22-18-9-11-34-23(18)28-13-27-22/h1-13H,(H,29,31). The SMILES string of the molecule is O=C(Nc1ccc(Oc2ncnc3sccc23)c(F)c1)c1cccn(-c2ccc(F)cc2)c1=O. The second kappa shape index (κ2) is 8.83. The van der Waals surface area contributed by atoms with Gasteiger partial charge in [-0.05, 0) is 60.0 Å². The smallest absolute Gasteiger partial charge is 0.267 e. The number of pyridine rings is 1. The number of fused-ring (bicyclic) bond motifs is 1. The number of thiophene rings is 1. The van der Waals surface area contributed by atoms with E-state index in [2.05, 4.69) is 15.3 Å². The summed E-state index contributed by atoms with van der Waals surface area (Å²) >= 11 is 1.41. The molecule has 34 heavy (non-hydrogen) atoms. The van der Waals surface area contributed by atoms with Gasteiger partial charge < -0.3 is 10.1 Å². The van der Waals surface area contributed by atoms with Crippen molar-refractivity contribution in [2.24, 2.45) is 0 Å². The second-order valence-electron chi connectivity index (χ2n) is 7.09. The Hall–Kier alpha value is -4.44. The van der Waals surface area contributed by atoms with Crippen molar-refractivity contribution in [3.8, 4) is 17.3 Å². The number of anilines is 1. The molecular weight excluding hydrogens is 462 g/mol. The van der Waals surface area contributed by atoms with E-state index < -0.39 is 23.1 Å². The van der Waals surface area contributed by atoms with Crippen LogP contribution in [0.15, 0.2) is 83.4 Å². The summed E-state index contributed by atoms with van der Waals surface area (Å²) in [5, 5.41) is 5.00. The number of halogens is 2. The Balaban J connectivity index is 1.37. The van der Waals surface area contributed by atoms with Gasteiger partial charge in [-0.2, -0.15) is 0 Å². The number of nitrogens with zero attached hydrogens (tertiary/aromatic N) is 3. The van der Waals surface area contributed by atoms with Crippen LogP contribution in [0.25, 0.3) is 15.9 Å². The van der Waals surface area contributed by atoms with Gasteiger partial charge in [-0.1, -0.05) is 0 Å². The fourth-order valence-corrected chi connectivity index (χ4v) is 4.01. The summed E-state index contributed by atoms with van der Waals surface area (Å²) in [6, 6.07) is 13.8. The molecule has 0 saturated carbocycles. The number of amides is 1. The molecule has 0 unspecified atom stereocenters. The van der Waals surface area contributed by atoms with Crippen molar-refractivity contribution >= 4 is 33.1 Å². The van der Waals surface area contributed by atoms with Gasteiger partial charge in [-0.15, -0.1) is 11.3 Å². The van der Waals surface area contributed by atoms with Crippen LogP contribution < -0.4 is 15.6 Å². The summed E-state index contributed by atoms with van der Waals surface area (Å²) in [6.45, 7) is 0. The van der Waals surface area contributed by atoms with E-state index in [4.69, 9.17) is 4.74 Å². The van der Waals surface area contributed by atoms with Crippen LogP contribution in [0.4, 0.5) is 14.5 Å². The monoisotopic (exact) mass is 476 g/mol. The molecule has 2 aromatic carbocycles. The van der Waals surface area contributed by atoms with Crippen molar-refractivity contribution in [1.82, 2.24) is 14.5 Å². The zero-order valence-electron chi connectivity index (χ0n) is 17.2. The lowest BCUT2D eigenvalue weighted by Gasteiger charge is -2.10. The molecular formula is C24H14F2N4O3S. The van der Waals surface area contributed by atoms with Crippen LogP contribution in [0.5, 0.6) is 11.6 Å². The average Bonchev–Trinajstić information content (AvgIpc) is 3.31. The first-order valence-electron chi connectivity index (χ1n) is 9.94. The number of nitrogens with one attached hydrogen (secondary N) is 1. The zero-order valence-corrected chi connectivity index (χ0v) is 18.1. The van der Waals surface area contributed by atoms with Gasteiger partial charge in [0.15, 0.2) is 11.6 Å². The molecule has 0 fully saturated rings. The van der Waals surface area contributed by atoms with Crippen LogP contribution in [-0.4, -0.2) is 20.4 Å². The highest BCUT2D eigenvalue weighted by Gasteiger charge is 2.16. The third kappa shape index (κ3) is 4.14. The molecule has 0 radical (unpaired) electrons. The molecule has 0 aliphatic carbocycles. The van der Waals surface area contributed by atoms with Gasteiger partial charge in [-0.25, -0.2) is 18.7 Å². The van der Waals surface area contributed by atoms with Crippen molar-refractivity contribution in [3.05, 3.63) is 106 Å². The molecule has 1 amide bonds. The van der Waals surface area contributed by atoms with Gasteiger partial charge in [0.2, 0.25) is 5.88 Å². The number of hydrogen-bond acceptors (Lipinski definition) is 6. The number of carbonyl (C=O) groups is 1. The summed E-state index contributed by atoms with van der Waals surface area (Å²) in [7, 11) is 0. The highest BCUT2D eigenvalue weighted by molar-refractivity contribution is 7.16. The third-order valence-corrected chi connectivity index (χ3v) is 5.74. The number of carbonyl (C=O) groups excluding carboxylic acids is 1. The number of benzene rings is 2. The van der Waals surface area contributed by atoms with Gasteiger partial charge in [0, 0.05) is 23.6 Å². The van der Waals surface area contributed by atoms with E-state index in [0.717, 1.165) is 6.07 Å². The first kappa shape index (κ1) is 21.4. The number of hydrogen-bond donors (Lipinski definition) is 1. The van der Waals surface area contributed by atoms with Crippen molar-refractivity contribution in [2.45, 2.75) is 0 Å². The maximum Gasteiger partial charge on any atom is 0.267 e. The van der Waals surface area contributed by atoms with E-state index >= 15 is 0 Å². The van der Waals surface area contributed by atoms with Gasteiger partial charge in [0.25, 0.3) is 11.5 Å². The lowest BCUT2D eigenvalue weighted by molar-refractivity contribution is 0.102. The largest absolute Gasteiger partial charge is 0.435 e. The van der Waals surface area contributed by atoms with Gasteiger partial charge in [0.05, 0.1) is 5.39 Å². The first-order chi connectivity index (χ1) is 16.5. The Kier molecular flexibility index (Phi) is 5.56. The van der Waals surface area contributed by atoms with E-state index in [9.17, 15) is 18.4 Å². The van der Waals surface area contributed by atoms with E-state index in [1.165, 1.54) is 77.0 Å². The molecule has 1 N–H and O–H groups in total. The highest BCUT2D eigenvalue weighted by Crippen LogP contribution is 2.31. The van der Waals surface area contributed by atoms with E-state index in [1.807, 2.05) is 5.38 Å². The zero-order chi connectivity index (χ0) is 23.7. The second-order valence-corrected chi connectivity index (χ2v) is 7.99. The Morgan fingerprint density at radius 2 is 1.85 bits per heavy atom. The summed E-state index contributed by atoms with van der Waals surface area (Å²) in [5.41, 5.74) is -0.225. The van der Waals surface area contributed by atoms with Gasteiger partial charge in [0.1, 0.15) is 22.5 Å². The molecule has 0 atom stereocenters.